The molecule has 1 N–H and O–H groups in total. The van der Waals surface area contributed by atoms with E-state index in [1.807, 2.05) is 36.9 Å². The molecule has 0 unspecified atom stereocenters. The standard InChI is InChI=1S/C16H19NO3/c1-11-7-8-12-13(10-17(2)14(12)9-11)15(18)5-3-4-6-16(19)20/h7-10H,3-6H2,1-2H3,(H,19,20). The minimum Gasteiger partial charge on any atom is -0.481 e. The van der Waals surface area contributed by atoms with Gasteiger partial charge >= 0.3 is 5.97 Å². The third kappa shape index (κ3) is 3.07. The molecule has 0 spiro atoms. The molecule has 0 radical (unpaired) electrons. The fraction of sp³-hybridized carbons (Fsp3) is 0.375. The number of unbranched alkanes of at least 4 members (excludes halogenated alkanes) is 1. The van der Waals surface area contributed by atoms with Crippen molar-refractivity contribution >= 4 is 22.7 Å². The van der Waals surface area contributed by atoms with Gasteiger partial charge in [0.15, 0.2) is 5.78 Å². The summed E-state index contributed by atoms with van der Waals surface area (Å²) in [5.41, 5.74) is 2.95. The van der Waals surface area contributed by atoms with Crippen LogP contribution in [-0.2, 0) is 11.8 Å². The van der Waals surface area contributed by atoms with Crippen molar-refractivity contribution in [2.45, 2.75) is 32.6 Å². The van der Waals surface area contributed by atoms with Gasteiger partial charge in [-0.1, -0.05) is 12.1 Å². The van der Waals surface area contributed by atoms with Crippen LogP contribution in [0.2, 0.25) is 0 Å². The summed E-state index contributed by atoms with van der Waals surface area (Å²) < 4.78 is 1.97. The fourth-order valence-corrected chi connectivity index (χ4v) is 2.41. The number of aromatic nitrogens is 1. The largest absolute Gasteiger partial charge is 0.481 e. The van der Waals surface area contributed by atoms with Crippen molar-refractivity contribution in [3.05, 3.63) is 35.5 Å². The van der Waals surface area contributed by atoms with Crippen molar-refractivity contribution in [2.75, 3.05) is 0 Å². The highest BCUT2D eigenvalue weighted by Crippen LogP contribution is 2.23. The number of carboxylic acid groups (broad SMARTS) is 1. The average molecular weight is 273 g/mol. The maximum Gasteiger partial charge on any atom is 0.303 e. The zero-order valence-corrected chi connectivity index (χ0v) is 11.8. The molecule has 4 heteroatoms. The molecule has 0 atom stereocenters. The van der Waals surface area contributed by atoms with Crippen LogP contribution in [0.15, 0.2) is 24.4 Å². The zero-order valence-electron chi connectivity index (χ0n) is 11.8. The number of rotatable bonds is 6. The quantitative estimate of drug-likeness (QED) is 0.649. The van der Waals surface area contributed by atoms with E-state index >= 15 is 0 Å². The lowest BCUT2D eigenvalue weighted by atomic mass is 10.0. The second kappa shape index (κ2) is 5.90. The van der Waals surface area contributed by atoms with Gasteiger partial charge in [-0.15, -0.1) is 0 Å². The summed E-state index contributed by atoms with van der Waals surface area (Å²) >= 11 is 0. The molecule has 106 valence electrons. The summed E-state index contributed by atoms with van der Waals surface area (Å²) in [5.74, 6) is -0.720. The number of nitrogens with zero attached hydrogens (tertiary/aromatic N) is 1. The highest BCUT2D eigenvalue weighted by molar-refractivity contribution is 6.08. The number of aryl methyl sites for hydroxylation is 2. The van der Waals surface area contributed by atoms with Gasteiger partial charge in [0.2, 0.25) is 0 Å². The second-order valence-electron chi connectivity index (χ2n) is 5.20. The number of carboxylic acids is 1. The van der Waals surface area contributed by atoms with Gasteiger partial charge in [0, 0.05) is 42.6 Å². The SMILES string of the molecule is Cc1ccc2c(C(=O)CCCCC(=O)O)cn(C)c2c1. The van der Waals surface area contributed by atoms with E-state index in [4.69, 9.17) is 5.11 Å². The first-order chi connectivity index (χ1) is 9.49. The van der Waals surface area contributed by atoms with Gasteiger partial charge in [0.25, 0.3) is 0 Å². The van der Waals surface area contributed by atoms with Crippen LogP contribution in [0.5, 0.6) is 0 Å². The normalized spacial score (nSPS) is 10.9. The lowest BCUT2D eigenvalue weighted by Crippen LogP contribution is -2.00. The van der Waals surface area contributed by atoms with Crippen molar-refractivity contribution in [2.24, 2.45) is 7.05 Å². The summed E-state index contributed by atoms with van der Waals surface area (Å²) in [6.45, 7) is 2.03. The Hall–Kier alpha value is -2.10. The molecule has 1 heterocycles. The predicted octanol–water partition coefficient (Wildman–Crippen LogP) is 3.31. The first kappa shape index (κ1) is 14.3. The van der Waals surface area contributed by atoms with Crippen molar-refractivity contribution in [1.82, 2.24) is 4.57 Å². The Morgan fingerprint density at radius 3 is 2.60 bits per heavy atom. The summed E-state index contributed by atoms with van der Waals surface area (Å²) in [5, 5.41) is 9.55. The Balaban J connectivity index is 2.12. The molecule has 0 saturated carbocycles. The molecule has 0 saturated heterocycles. The summed E-state index contributed by atoms with van der Waals surface area (Å²) in [7, 11) is 1.93. The molecular formula is C16H19NO3. The van der Waals surface area contributed by atoms with E-state index in [0.29, 0.717) is 19.3 Å². The van der Waals surface area contributed by atoms with Crippen LogP contribution in [-0.4, -0.2) is 21.4 Å². The smallest absolute Gasteiger partial charge is 0.303 e. The first-order valence-corrected chi connectivity index (χ1v) is 6.79. The number of hydrogen-bond donors (Lipinski definition) is 1. The molecule has 0 fully saturated rings. The maximum absolute atomic E-state index is 12.2. The summed E-state index contributed by atoms with van der Waals surface area (Å²) in [4.78, 5) is 22.7. The van der Waals surface area contributed by atoms with Gasteiger partial charge in [-0.05, 0) is 31.4 Å². The Morgan fingerprint density at radius 1 is 1.20 bits per heavy atom. The van der Waals surface area contributed by atoms with E-state index in [1.54, 1.807) is 0 Å². The van der Waals surface area contributed by atoms with E-state index < -0.39 is 5.97 Å². The molecule has 2 rings (SSSR count). The van der Waals surface area contributed by atoms with Crippen LogP contribution in [0.25, 0.3) is 10.9 Å². The molecule has 1 aromatic carbocycles. The van der Waals surface area contributed by atoms with Gasteiger partial charge in [-0.3, -0.25) is 9.59 Å². The molecule has 0 aliphatic carbocycles. The minimum atomic E-state index is -0.807. The Kier molecular flexibility index (Phi) is 4.23. The Morgan fingerprint density at radius 2 is 1.90 bits per heavy atom. The first-order valence-electron chi connectivity index (χ1n) is 6.79. The highest BCUT2D eigenvalue weighted by Gasteiger charge is 2.13. The van der Waals surface area contributed by atoms with Crippen molar-refractivity contribution in [1.29, 1.82) is 0 Å². The summed E-state index contributed by atoms with van der Waals surface area (Å²) in [6.07, 6.45) is 3.56. The molecule has 0 amide bonds. The van der Waals surface area contributed by atoms with Crippen molar-refractivity contribution in [3.63, 3.8) is 0 Å². The zero-order chi connectivity index (χ0) is 14.7. The molecule has 0 bridgehead atoms. The maximum atomic E-state index is 12.2. The third-order valence-electron chi connectivity index (χ3n) is 3.49. The number of aliphatic carboxylic acids is 1. The number of fused-ring (bicyclic) bond motifs is 1. The van der Waals surface area contributed by atoms with E-state index in [1.165, 1.54) is 5.56 Å². The van der Waals surface area contributed by atoms with E-state index in [2.05, 4.69) is 6.07 Å². The van der Waals surface area contributed by atoms with Gasteiger partial charge < -0.3 is 9.67 Å². The fourth-order valence-electron chi connectivity index (χ4n) is 2.41. The molecule has 0 aliphatic rings. The number of benzene rings is 1. The minimum absolute atomic E-state index is 0.0878. The van der Waals surface area contributed by atoms with Gasteiger partial charge in [-0.2, -0.15) is 0 Å². The van der Waals surface area contributed by atoms with Crippen molar-refractivity contribution in [3.8, 4) is 0 Å². The van der Waals surface area contributed by atoms with Gasteiger partial charge in [-0.25, -0.2) is 0 Å². The Bertz CT molecular complexity index is 655. The van der Waals surface area contributed by atoms with Crippen LogP contribution < -0.4 is 0 Å². The molecular weight excluding hydrogens is 254 g/mol. The van der Waals surface area contributed by atoms with Crippen LogP contribution in [0.1, 0.15) is 41.6 Å². The number of Topliss-reactive ketones (excluding diaryl/α,β-unsaturated/α-hetero) is 1. The van der Waals surface area contributed by atoms with E-state index in [0.717, 1.165) is 16.5 Å². The topological polar surface area (TPSA) is 59.3 Å². The Labute approximate surface area is 118 Å². The molecule has 20 heavy (non-hydrogen) atoms. The monoisotopic (exact) mass is 273 g/mol. The lowest BCUT2D eigenvalue weighted by molar-refractivity contribution is -0.137. The highest BCUT2D eigenvalue weighted by atomic mass is 16.4. The van der Waals surface area contributed by atoms with Crippen LogP contribution in [0.3, 0.4) is 0 Å². The van der Waals surface area contributed by atoms with Crippen LogP contribution in [0, 0.1) is 6.92 Å². The number of hydrogen-bond acceptors (Lipinski definition) is 2. The number of carbonyl (C=O) groups is 2. The van der Waals surface area contributed by atoms with Gasteiger partial charge in [0.05, 0.1) is 0 Å². The number of ketones is 1. The van der Waals surface area contributed by atoms with E-state index in [-0.39, 0.29) is 12.2 Å². The molecule has 1 aromatic heterocycles. The lowest BCUT2D eigenvalue weighted by Gasteiger charge is -2.00. The molecule has 2 aromatic rings. The average Bonchev–Trinajstić information content (AvgIpc) is 2.71. The van der Waals surface area contributed by atoms with Gasteiger partial charge in [0.1, 0.15) is 0 Å². The third-order valence-corrected chi connectivity index (χ3v) is 3.49. The van der Waals surface area contributed by atoms with Crippen molar-refractivity contribution < 1.29 is 14.7 Å². The van der Waals surface area contributed by atoms with E-state index in [9.17, 15) is 9.59 Å². The second-order valence-corrected chi connectivity index (χ2v) is 5.20. The molecule has 4 nitrogen and oxygen atoms in total. The number of carbonyl (C=O) groups excluding carboxylic acids is 1. The van der Waals surface area contributed by atoms with Crippen LogP contribution >= 0.6 is 0 Å². The molecule has 0 aliphatic heterocycles. The summed E-state index contributed by atoms with van der Waals surface area (Å²) in [6, 6.07) is 6.05. The predicted molar refractivity (Wildman–Crippen MR) is 78.1 cm³/mol. The van der Waals surface area contributed by atoms with Crippen LogP contribution in [0.4, 0.5) is 0 Å².